The van der Waals surface area contributed by atoms with Gasteiger partial charge in [-0.1, -0.05) is 0 Å². The molecule has 0 saturated carbocycles. The molecule has 110 valence electrons. The number of nitro groups is 1. The molecule has 0 atom stereocenters. The largest absolute Gasteiger partial charge is 0.469 e. The summed E-state index contributed by atoms with van der Waals surface area (Å²) in [5.41, 5.74) is 0.431. The quantitative estimate of drug-likeness (QED) is 0.499. The summed E-state index contributed by atoms with van der Waals surface area (Å²) in [5.74, 6) is 0.230. The number of nitrogens with one attached hydrogen (secondary N) is 1. The van der Waals surface area contributed by atoms with Crippen LogP contribution in [0, 0.1) is 10.1 Å². The molecule has 0 bridgehead atoms. The number of carbonyl (C=O) groups is 1. The zero-order valence-electron chi connectivity index (χ0n) is 11.4. The zero-order chi connectivity index (χ0) is 15.2. The SMILES string of the molecule is COC(=O)c1ccc([N+](=O)[O-])c(NCCc2ccco2)c1. The van der Waals surface area contributed by atoms with Crippen LogP contribution in [0.4, 0.5) is 11.4 Å². The number of carbonyl (C=O) groups excluding carboxylic acids is 1. The van der Waals surface area contributed by atoms with E-state index in [2.05, 4.69) is 10.1 Å². The smallest absolute Gasteiger partial charge is 0.337 e. The Bertz CT molecular complexity index is 637. The molecule has 0 saturated heterocycles. The normalized spacial score (nSPS) is 10.1. The van der Waals surface area contributed by atoms with Crippen LogP contribution < -0.4 is 5.32 Å². The maximum Gasteiger partial charge on any atom is 0.337 e. The molecule has 0 radical (unpaired) electrons. The maximum absolute atomic E-state index is 11.5. The lowest BCUT2D eigenvalue weighted by molar-refractivity contribution is -0.384. The predicted octanol–water partition coefficient (Wildman–Crippen LogP) is 2.63. The molecule has 7 nitrogen and oxygen atoms in total. The molecule has 0 fully saturated rings. The van der Waals surface area contributed by atoms with E-state index in [-0.39, 0.29) is 16.9 Å². The molecule has 0 unspecified atom stereocenters. The van der Waals surface area contributed by atoms with Gasteiger partial charge in [0.2, 0.25) is 0 Å². The topological polar surface area (TPSA) is 94.6 Å². The minimum atomic E-state index is -0.543. The Morgan fingerprint density at radius 3 is 2.86 bits per heavy atom. The predicted molar refractivity (Wildman–Crippen MR) is 75.3 cm³/mol. The van der Waals surface area contributed by atoms with E-state index in [0.29, 0.717) is 13.0 Å². The van der Waals surface area contributed by atoms with Crippen molar-refractivity contribution in [2.24, 2.45) is 0 Å². The average molecular weight is 290 g/mol. The van der Waals surface area contributed by atoms with Gasteiger partial charge in [0.15, 0.2) is 0 Å². The number of furan rings is 1. The molecule has 21 heavy (non-hydrogen) atoms. The maximum atomic E-state index is 11.5. The first kappa shape index (κ1) is 14.6. The van der Waals surface area contributed by atoms with E-state index in [0.717, 1.165) is 5.76 Å². The van der Waals surface area contributed by atoms with Crippen LogP contribution in [0.15, 0.2) is 41.0 Å². The van der Waals surface area contributed by atoms with Gasteiger partial charge in [0.05, 0.1) is 23.9 Å². The van der Waals surface area contributed by atoms with E-state index in [1.165, 1.54) is 25.3 Å². The number of nitrogens with zero attached hydrogens (tertiary/aromatic N) is 1. The van der Waals surface area contributed by atoms with E-state index in [1.54, 1.807) is 12.3 Å². The van der Waals surface area contributed by atoms with Crippen molar-refractivity contribution in [2.75, 3.05) is 19.0 Å². The van der Waals surface area contributed by atoms with Crippen molar-refractivity contribution in [3.8, 4) is 0 Å². The van der Waals surface area contributed by atoms with Gasteiger partial charge in [0.1, 0.15) is 11.4 Å². The number of methoxy groups -OCH3 is 1. The minimum Gasteiger partial charge on any atom is -0.469 e. The molecule has 0 spiro atoms. The van der Waals surface area contributed by atoms with Gasteiger partial charge in [-0.2, -0.15) is 0 Å². The second kappa shape index (κ2) is 6.56. The molecule has 1 heterocycles. The van der Waals surface area contributed by atoms with Crippen molar-refractivity contribution in [3.05, 3.63) is 58.0 Å². The van der Waals surface area contributed by atoms with Gasteiger partial charge in [-0.3, -0.25) is 10.1 Å². The minimum absolute atomic E-state index is 0.0953. The van der Waals surface area contributed by atoms with Crippen molar-refractivity contribution in [1.82, 2.24) is 0 Å². The zero-order valence-corrected chi connectivity index (χ0v) is 11.4. The summed E-state index contributed by atoms with van der Waals surface area (Å²) in [6, 6.07) is 7.64. The Morgan fingerprint density at radius 1 is 1.43 bits per heavy atom. The third-order valence-corrected chi connectivity index (χ3v) is 2.88. The Hall–Kier alpha value is -2.83. The highest BCUT2D eigenvalue weighted by molar-refractivity contribution is 5.91. The molecule has 1 aromatic carbocycles. The summed E-state index contributed by atoms with van der Waals surface area (Å²) in [4.78, 5) is 22.0. The van der Waals surface area contributed by atoms with Crippen LogP contribution in [0.2, 0.25) is 0 Å². The van der Waals surface area contributed by atoms with Gasteiger partial charge in [0.25, 0.3) is 5.69 Å². The molecule has 0 aliphatic heterocycles. The number of ether oxygens (including phenoxy) is 1. The van der Waals surface area contributed by atoms with Crippen molar-refractivity contribution in [1.29, 1.82) is 0 Å². The Kier molecular flexibility index (Phi) is 4.55. The first-order valence-electron chi connectivity index (χ1n) is 6.25. The Morgan fingerprint density at radius 2 is 2.24 bits per heavy atom. The number of rotatable bonds is 6. The van der Waals surface area contributed by atoms with Crippen LogP contribution in [0.5, 0.6) is 0 Å². The van der Waals surface area contributed by atoms with Gasteiger partial charge in [-0.05, 0) is 24.3 Å². The van der Waals surface area contributed by atoms with Gasteiger partial charge in [0, 0.05) is 19.0 Å². The molecule has 1 N–H and O–H groups in total. The van der Waals surface area contributed by atoms with Crippen LogP contribution >= 0.6 is 0 Å². The number of anilines is 1. The van der Waals surface area contributed by atoms with Gasteiger partial charge < -0.3 is 14.5 Å². The van der Waals surface area contributed by atoms with Gasteiger partial charge >= 0.3 is 5.97 Å². The summed E-state index contributed by atoms with van der Waals surface area (Å²) in [7, 11) is 1.26. The van der Waals surface area contributed by atoms with E-state index < -0.39 is 10.9 Å². The van der Waals surface area contributed by atoms with E-state index >= 15 is 0 Å². The number of benzene rings is 1. The lowest BCUT2D eigenvalue weighted by atomic mass is 10.1. The summed E-state index contributed by atoms with van der Waals surface area (Å²) in [6.45, 7) is 0.443. The molecular formula is C14H14N2O5. The second-order valence-electron chi connectivity index (χ2n) is 4.24. The lowest BCUT2D eigenvalue weighted by Gasteiger charge is -2.08. The molecule has 2 aromatic rings. The fourth-order valence-electron chi connectivity index (χ4n) is 1.86. The van der Waals surface area contributed by atoms with Crippen molar-refractivity contribution in [3.63, 3.8) is 0 Å². The standard InChI is InChI=1S/C14H14N2O5/c1-20-14(17)10-4-5-13(16(18)19)12(9-10)15-7-6-11-3-2-8-21-11/h2-5,8-9,15H,6-7H2,1H3. The molecular weight excluding hydrogens is 276 g/mol. The first-order chi connectivity index (χ1) is 10.1. The Balaban J connectivity index is 2.14. The van der Waals surface area contributed by atoms with Crippen LogP contribution in [-0.2, 0) is 11.2 Å². The average Bonchev–Trinajstić information content (AvgIpc) is 2.99. The molecule has 0 aliphatic rings. The first-order valence-corrected chi connectivity index (χ1v) is 6.25. The molecule has 2 rings (SSSR count). The van der Waals surface area contributed by atoms with Gasteiger partial charge in [-0.25, -0.2) is 4.79 Å². The van der Waals surface area contributed by atoms with Crippen molar-refractivity contribution >= 4 is 17.3 Å². The van der Waals surface area contributed by atoms with Crippen LogP contribution in [0.25, 0.3) is 0 Å². The number of esters is 1. The number of hydrogen-bond acceptors (Lipinski definition) is 6. The summed E-state index contributed by atoms with van der Waals surface area (Å²) < 4.78 is 9.78. The van der Waals surface area contributed by atoms with Crippen molar-refractivity contribution in [2.45, 2.75) is 6.42 Å². The highest BCUT2D eigenvalue weighted by Crippen LogP contribution is 2.25. The number of nitro benzene ring substituents is 1. The highest BCUT2D eigenvalue weighted by Gasteiger charge is 2.16. The fourth-order valence-corrected chi connectivity index (χ4v) is 1.86. The third-order valence-electron chi connectivity index (χ3n) is 2.88. The van der Waals surface area contributed by atoms with Crippen LogP contribution in [-0.4, -0.2) is 24.5 Å². The summed E-state index contributed by atoms with van der Waals surface area (Å²) >= 11 is 0. The van der Waals surface area contributed by atoms with E-state index in [9.17, 15) is 14.9 Å². The molecule has 7 heteroatoms. The molecule has 0 aliphatic carbocycles. The number of hydrogen-bond donors (Lipinski definition) is 1. The van der Waals surface area contributed by atoms with Crippen molar-refractivity contribution < 1.29 is 18.9 Å². The lowest BCUT2D eigenvalue weighted by Crippen LogP contribution is -2.09. The van der Waals surface area contributed by atoms with Crippen LogP contribution in [0.3, 0.4) is 0 Å². The summed E-state index contributed by atoms with van der Waals surface area (Å²) in [5, 5.41) is 13.9. The molecule has 1 aromatic heterocycles. The monoisotopic (exact) mass is 290 g/mol. The fraction of sp³-hybridized carbons (Fsp3) is 0.214. The van der Waals surface area contributed by atoms with Crippen LogP contribution in [0.1, 0.15) is 16.1 Å². The third kappa shape index (κ3) is 3.59. The van der Waals surface area contributed by atoms with E-state index in [1.807, 2.05) is 6.07 Å². The second-order valence-corrected chi connectivity index (χ2v) is 4.24. The molecule has 0 amide bonds. The summed E-state index contributed by atoms with van der Waals surface area (Å²) in [6.07, 6.45) is 2.14. The Labute approximate surface area is 120 Å². The highest BCUT2D eigenvalue weighted by atomic mass is 16.6. The van der Waals surface area contributed by atoms with Gasteiger partial charge in [-0.15, -0.1) is 0 Å². The van der Waals surface area contributed by atoms with E-state index in [4.69, 9.17) is 4.42 Å².